The van der Waals surface area contributed by atoms with Crippen molar-refractivity contribution in [3.05, 3.63) is 47.0 Å². The molecule has 3 rings (SSSR count). The number of aromatic nitrogens is 3. The fraction of sp³-hybridized carbons (Fsp3) is 0.474. The smallest absolute Gasteiger partial charge is 0.191 e. The van der Waals surface area contributed by atoms with Crippen LogP contribution in [-0.2, 0) is 25.9 Å². The lowest BCUT2D eigenvalue weighted by Gasteiger charge is -2.25. The molecule has 0 saturated carbocycles. The Morgan fingerprint density at radius 3 is 2.85 bits per heavy atom. The van der Waals surface area contributed by atoms with Gasteiger partial charge in [0.1, 0.15) is 5.82 Å². The van der Waals surface area contributed by atoms with Gasteiger partial charge in [0, 0.05) is 25.4 Å². The molecular formula is C19H25N7. The van der Waals surface area contributed by atoms with Gasteiger partial charge in [0.15, 0.2) is 11.8 Å². The van der Waals surface area contributed by atoms with Crippen LogP contribution in [0, 0.1) is 11.3 Å². The number of aliphatic imine (C=N–C) groups is 1. The SMILES string of the molecule is CCNC(=NCc1ccc(C#N)cc1)NC1CCc2nc(CC)nn2C1. The predicted molar refractivity (Wildman–Crippen MR) is 101 cm³/mol. The van der Waals surface area contributed by atoms with Crippen LogP contribution in [0.3, 0.4) is 0 Å². The topological polar surface area (TPSA) is 90.9 Å². The second-order valence-electron chi connectivity index (χ2n) is 6.36. The highest BCUT2D eigenvalue weighted by atomic mass is 15.4. The van der Waals surface area contributed by atoms with E-state index in [0.717, 1.165) is 55.5 Å². The average Bonchev–Trinajstić information content (AvgIpc) is 3.09. The first-order chi connectivity index (χ1) is 12.7. The molecule has 136 valence electrons. The molecule has 0 aliphatic carbocycles. The Kier molecular flexibility index (Phi) is 5.84. The van der Waals surface area contributed by atoms with E-state index in [-0.39, 0.29) is 6.04 Å². The molecule has 0 spiro atoms. The summed E-state index contributed by atoms with van der Waals surface area (Å²) < 4.78 is 2.02. The van der Waals surface area contributed by atoms with Gasteiger partial charge >= 0.3 is 0 Å². The quantitative estimate of drug-likeness (QED) is 0.633. The molecule has 2 N–H and O–H groups in total. The second kappa shape index (κ2) is 8.48. The van der Waals surface area contributed by atoms with Crippen LogP contribution in [0.4, 0.5) is 0 Å². The first-order valence-corrected chi connectivity index (χ1v) is 9.18. The van der Waals surface area contributed by atoms with Crippen LogP contribution in [0.25, 0.3) is 0 Å². The van der Waals surface area contributed by atoms with Crippen molar-refractivity contribution < 1.29 is 0 Å². The summed E-state index contributed by atoms with van der Waals surface area (Å²) in [7, 11) is 0. The van der Waals surface area contributed by atoms with Crippen molar-refractivity contribution in [2.45, 2.75) is 52.2 Å². The summed E-state index contributed by atoms with van der Waals surface area (Å²) in [5, 5.41) is 20.3. The molecular weight excluding hydrogens is 326 g/mol. The fourth-order valence-corrected chi connectivity index (χ4v) is 3.00. The van der Waals surface area contributed by atoms with Crippen molar-refractivity contribution >= 4 is 5.96 Å². The number of aryl methyl sites for hydroxylation is 2. The summed E-state index contributed by atoms with van der Waals surface area (Å²) >= 11 is 0. The lowest BCUT2D eigenvalue weighted by Crippen LogP contribution is -2.47. The van der Waals surface area contributed by atoms with E-state index in [4.69, 9.17) is 5.26 Å². The van der Waals surface area contributed by atoms with Crippen LogP contribution in [0.2, 0.25) is 0 Å². The molecule has 1 aromatic carbocycles. The number of guanidine groups is 1. The Hall–Kier alpha value is -2.88. The number of fused-ring (bicyclic) bond motifs is 1. The molecule has 26 heavy (non-hydrogen) atoms. The molecule has 2 aromatic rings. The third-order valence-electron chi connectivity index (χ3n) is 4.41. The van der Waals surface area contributed by atoms with Gasteiger partial charge < -0.3 is 10.6 Å². The number of hydrogen-bond donors (Lipinski definition) is 2. The lowest BCUT2D eigenvalue weighted by molar-refractivity contribution is 0.392. The zero-order valence-corrected chi connectivity index (χ0v) is 15.4. The molecule has 0 amide bonds. The van der Waals surface area contributed by atoms with E-state index < -0.39 is 0 Å². The van der Waals surface area contributed by atoms with Crippen molar-refractivity contribution in [3.8, 4) is 6.07 Å². The van der Waals surface area contributed by atoms with Gasteiger partial charge in [0.05, 0.1) is 24.7 Å². The molecule has 7 heteroatoms. The van der Waals surface area contributed by atoms with Crippen molar-refractivity contribution in [2.75, 3.05) is 6.54 Å². The normalized spacial score (nSPS) is 16.7. The zero-order chi connectivity index (χ0) is 18.4. The fourth-order valence-electron chi connectivity index (χ4n) is 3.00. The summed E-state index contributed by atoms with van der Waals surface area (Å²) in [5.74, 6) is 2.81. The summed E-state index contributed by atoms with van der Waals surface area (Å²) in [6.07, 6.45) is 2.82. The van der Waals surface area contributed by atoms with Gasteiger partial charge in [0.25, 0.3) is 0 Å². The summed E-state index contributed by atoms with van der Waals surface area (Å²) in [6.45, 7) is 6.32. The number of benzene rings is 1. The van der Waals surface area contributed by atoms with Crippen molar-refractivity contribution in [3.63, 3.8) is 0 Å². The van der Waals surface area contributed by atoms with E-state index in [1.165, 1.54) is 0 Å². The summed E-state index contributed by atoms with van der Waals surface area (Å²) in [4.78, 5) is 9.24. The molecule has 1 aromatic heterocycles. The van der Waals surface area contributed by atoms with Crippen LogP contribution >= 0.6 is 0 Å². The minimum Gasteiger partial charge on any atom is -0.357 e. The van der Waals surface area contributed by atoms with Crippen molar-refractivity contribution in [1.82, 2.24) is 25.4 Å². The number of nitrogens with zero attached hydrogens (tertiary/aromatic N) is 5. The van der Waals surface area contributed by atoms with Crippen LogP contribution in [-0.4, -0.2) is 33.3 Å². The van der Waals surface area contributed by atoms with Crippen LogP contribution in [0.1, 0.15) is 43.0 Å². The second-order valence-corrected chi connectivity index (χ2v) is 6.36. The Morgan fingerprint density at radius 2 is 2.15 bits per heavy atom. The van der Waals surface area contributed by atoms with Gasteiger partial charge in [0.2, 0.25) is 0 Å². The number of nitriles is 1. The molecule has 7 nitrogen and oxygen atoms in total. The maximum absolute atomic E-state index is 8.88. The highest BCUT2D eigenvalue weighted by Crippen LogP contribution is 2.13. The first-order valence-electron chi connectivity index (χ1n) is 9.18. The molecule has 0 radical (unpaired) electrons. The van der Waals surface area contributed by atoms with Gasteiger partial charge in [-0.05, 0) is 31.0 Å². The van der Waals surface area contributed by atoms with Gasteiger partial charge in [-0.1, -0.05) is 19.1 Å². The van der Waals surface area contributed by atoms with E-state index >= 15 is 0 Å². The van der Waals surface area contributed by atoms with Gasteiger partial charge in [-0.3, -0.25) is 0 Å². The number of hydrogen-bond acceptors (Lipinski definition) is 4. The molecule has 0 saturated heterocycles. The standard InChI is InChI=1S/C19H25N7/c1-3-17-24-18-10-9-16(13-26(18)25-17)23-19(21-4-2)22-12-15-7-5-14(11-20)6-8-15/h5-8,16H,3-4,9-10,12-13H2,1-2H3,(H2,21,22,23). The molecule has 1 atom stereocenters. The maximum Gasteiger partial charge on any atom is 0.191 e. The lowest BCUT2D eigenvalue weighted by atomic mass is 10.1. The predicted octanol–water partition coefficient (Wildman–Crippen LogP) is 1.78. The minimum absolute atomic E-state index is 0.285. The Bertz CT molecular complexity index is 798. The van der Waals surface area contributed by atoms with Crippen molar-refractivity contribution in [1.29, 1.82) is 5.26 Å². The molecule has 0 bridgehead atoms. The molecule has 1 unspecified atom stereocenters. The van der Waals surface area contributed by atoms with E-state index in [2.05, 4.69) is 45.6 Å². The van der Waals surface area contributed by atoms with Gasteiger partial charge in [-0.25, -0.2) is 14.7 Å². The molecule has 2 heterocycles. The highest BCUT2D eigenvalue weighted by Gasteiger charge is 2.22. The van der Waals surface area contributed by atoms with E-state index in [0.29, 0.717) is 12.1 Å². The number of nitrogens with one attached hydrogen (secondary N) is 2. The monoisotopic (exact) mass is 351 g/mol. The molecule has 1 aliphatic heterocycles. The van der Waals surface area contributed by atoms with Crippen LogP contribution < -0.4 is 10.6 Å². The number of rotatable bonds is 5. The summed E-state index contributed by atoms with van der Waals surface area (Å²) in [6, 6.07) is 9.95. The van der Waals surface area contributed by atoms with Gasteiger partial charge in [-0.15, -0.1) is 0 Å². The maximum atomic E-state index is 8.88. The molecule has 0 fully saturated rings. The largest absolute Gasteiger partial charge is 0.357 e. The van der Waals surface area contributed by atoms with Crippen LogP contribution in [0.15, 0.2) is 29.3 Å². The molecule has 1 aliphatic rings. The Morgan fingerprint density at radius 1 is 1.35 bits per heavy atom. The van der Waals surface area contributed by atoms with Gasteiger partial charge in [-0.2, -0.15) is 10.4 Å². The third kappa shape index (κ3) is 4.39. The van der Waals surface area contributed by atoms with E-state index in [9.17, 15) is 0 Å². The Balaban J connectivity index is 1.63. The van der Waals surface area contributed by atoms with E-state index in [1.54, 1.807) is 0 Å². The average molecular weight is 351 g/mol. The minimum atomic E-state index is 0.285. The zero-order valence-electron chi connectivity index (χ0n) is 15.4. The first kappa shape index (κ1) is 17.9. The van der Waals surface area contributed by atoms with Crippen molar-refractivity contribution in [2.24, 2.45) is 4.99 Å². The highest BCUT2D eigenvalue weighted by molar-refractivity contribution is 5.80. The third-order valence-corrected chi connectivity index (χ3v) is 4.41. The van der Waals surface area contributed by atoms with E-state index in [1.807, 2.05) is 28.9 Å². The van der Waals surface area contributed by atoms with Crippen LogP contribution in [0.5, 0.6) is 0 Å². The Labute approximate surface area is 154 Å². The summed E-state index contributed by atoms with van der Waals surface area (Å²) in [5.41, 5.74) is 1.75.